The van der Waals surface area contributed by atoms with Gasteiger partial charge in [0.25, 0.3) is 0 Å². The number of hydrogen-bond acceptors (Lipinski definition) is 5. The summed E-state index contributed by atoms with van der Waals surface area (Å²) in [4.78, 5) is 15.5. The van der Waals surface area contributed by atoms with Crippen molar-refractivity contribution in [3.63, 3.8) is 0 Å². The van der Waals surface area contributed by atoms with Crippen molar-refractivity contribution in [2.24, 2.45) is 0 Å². The molecule has 0 N–H and O–H groups in total. The van der Waals surface area contributed by atoms with E-state index in [2.05, 4.69) is 16.8 Å². The zero-order chi connectivity index (χ0) is 17.1. The van der Waals surface area contributed by atoms with Gasteiger partial charge in [-0.25, -0.2) is 0 Å². The molecule has 122 valence electrons. The van der Waals surface area contributed by atoms with Gasteiger partial charge in [-0.2, -0.15) is 0 Å². The maximum absolute atomic E-state index is 11.3. The van der Waals surface area contributed by atoms with Crippen molar-refractivity contribution < 1.29 is 18.8 Å². The van der Waals surface area contributed by atoms with E-state index in [9.17, 15) is 4.79 Å². The second kappa shape index (κ2) is 6.73. The predicted molar refractivity (Wildman–Crippen MR) is 88.1 cm³/mol. The van der Waals surface area contributed by atoms with Crippen LogP contribution in [-0.4, -0.2) is 35.9 Å². The average Bonchev–Trinajstić information content (AvgIpc) is 2.68. The highest BCUT2D eigenvalue weighted by atomic mass is 16.7. The molecule has 1 fully saturated rings. The lowest BCUT2D eigenvalue weighted by molar-refractivity contribution is -0.141. The summed E-state index contributed by atoms with van der Waals surface area (Å²) in [6.07, 6.45) is 3.42. The van der Waals surface area contributed by atoms with Crippen LogP contribution in [0.15, 0.2) is 18.5 Å². The molecule has 0 atom stereocenters. The van der Waals surface area contributed by atoms with Crippen molar-refractivity contribution in [3.05, 3.63) is 24.0 Å². The van der Waals surface area contributed by atoms with Gasteiger partial charge in [-0.05, 0) is 40.7 Å². The van der Waals surface area contributed by atoms with E-state index in [1.807, 2.05) is 33.8 Å². The highest BCUT2D eigenvalue weighted by molar-refractivity contribution is 6.62. The van der Waals surface area contributed by atoms with E-state index in [0.29, 0.717) is 12.2 Å². The average molecular weight is 315 g/mol. The number of aromatic nitrogens is 1. The molecule has 23 heavy (non-hydrogen) atoms. The van der Waals surface area contributed by atoms with E-state index in [-0.39, 0.29) is 12.4 Å². The number of nitrogens with zero attached hydrogens (tertiary/aromatic N) is 1. The van der Waals surface area contributed by atoms with E-state index in [1.165, 1.54) is 0 Å². The second-order valence-corrected chi connectivity index (χ2v) is 6.38. The highest BCUT2D eigenvalue weighted by Crippen LogP contribution is 2.36. The summed E-state index contributed by atoms with van der Waals surface area (Å²) in [6, 6.07) is 1.87. The third-order valence-electron chi connectivity index (χ3n) is 4.06. The molecule has 5 nitrogen and oxygen atoms in total. The van der Waals surface area contributed by atoms with Crippen molar-refractivity contribution in [1.29, 1.82) is 0 Å². The molecule has 0 saturated carbocycles. The Labute approximate surface area is 137 Å². The Hall–Kier alpha value is -1.84. The molecule has 0 radical (unpaired) electrons. The van der Waals surface area contributed by atoms with Gasteiger partial charge in [-0.1, -0.05) is 11.8 Å². The number of esters is 1. The Bertz CT molecular complexity index is 629. The zero-order valence-electron chi connectivity index (χ0n) is 14.3. The summed E-state index contributed by atoms with van der Waals surface area (Å²) in [5.41, 5.74) is 0.722. The van der Waals surface area contributed by atoms with Crippen molar-refractivity contribution in [3.8, 4) is 11.8 Å². The topological polar surface area (TPSA) is 57.7 Å². The Morgan fingerprint density at radius 3 is 2.52 bits per heavy atom. The lowest BCUT2D eigenvalue weighted by Gasteiger charge is -2.32. The number of carbonyl (C=O) groups excluding carboxylic acids is 1. The Morgan fingerprint density at radius 2 is 1.91 bits per heavy atom. The van der Waals surface area contributed by atoms with Gasteiger partial charge in [0.2, 0.25) is 0 Å². The minimum atomic E-state index is -0.473. The Kier molecular flexibility index (Phi) is 5.13. The lowest BCUT2D eigenvalue weighted by Crippen LogP contribution is -2.41. The molecule has 0 aliphatic carbocycles. The molecule has 1 aromatic rings. The normalized spacial score (nSPS) is 18.2. The van der Waals surface area contributed by atoms with Gasteiger partial charge in [-0.3, -0.25) is 9.78 Å². The van der Waals surface area contributed by atoms with Crippen molar-refractivity contribution in [2.75, 3.05) is 6.61 Å². The van der Waals surface area contributed by atoms with Crippen LogP contribution < -0.4 is 5.46 Å². The zero-order valence-corrected chi connectivity index (χ0v) is 14.3. The quantitative estimate of drug-likeness (QED) is 0.483. The van der Waals surface area contributed by atoms with Crippen LogP contribution in [-0.2, 0) is 18.8 Å². The number of hydrogen-bond donors (Lipinski definition) is 0. The summed E-state index contributed by atoms with van der Waals surface area (Å²) in [6.45, 7) is 10.1. The standard InChI is InChI=1S/C17H22BNO4/c1-6-21-15(20)9-7-8-13-10-14(12-19-11-13)18-22-16(2,3)17(4,5)23-18/h10-12H,6,9H2,1-5H3. The smallest absolute Gasteiger partial charge is 0.465 e. The van der Waals surface area contributed by atoms with Gasteiger partial charge < -0.3 is 14.0 Å². The maximum Gasteiger partial charge on any atom is 0.496 e. The highest BCUT2D eigenvalue weighted by Gasteiger charge is 2.51. The van der Waals surface area contributed by atoms with E-state index in [0.717, 1.165) is 5.46 Å². The fourth-order valence-electron chi connectivity index (χ4n) is 2.06. The molecule has 1 saturated heterocycles. The minimum absolute atomic E-state index is 0.0640. The first-order valence-corrected chi connectivity index (χ1v) is 7.70. The SMILES string of the molecule is CCOC(=O)CC#Cc1cncc(B2OC(C)(C)C(C)(C)O2)c1. The van der Waals surface area contributed by atoms with Crippen molar-refractivity contribution >= 4 is 18.6 Å². The molecule has 0 amide bonds. The summed E-state index contributed by atoms with van der Waals surface area (Å²) >= 11 is 0. The van der Waals surface area contributed by atoms with Gasteiger partial charge in [0.1, 0.15) is 6.42 Å². The molecule has 1 aromatic heterocycles. The second-order valence-electron chi connectivity index (χ2n) is 6.38. The van der Waals surface area contributed by atoms with Crippen LogP contribution in [0.4, 0.5) is 0 Å². The first-order chi connectivity index (χ1) is 10.7. The predicted octanol–water partition coefficient (Wildman–Crippen LogP) is 1.69. The third-order valence-corrected chi connectivity index (χ3v) is 4.06. The molecule has 2 heterocycles. The van der Waals surface area contributed by atoms with E-state index < -0.39 is 18.3 Å². The summed E-state index contributed by atoms with van der Waals surface area (Å²) in [5.74, 6) is 5.38. The van der Waals surface area contributed by atoms with E-state index in [1.54, 1.807) is 19.3 Å². The molecule has 0 bridgehead atoms. The molecule has 0 unspecified atom stereocenters. The van der Waals surface area contributed by atoms with Gasteiger partial charge in [0.05, 0.1) is 17.8 Å². The van der Waals surface area contributed by atoms with Crippen LogP contribution in [0.1, 0.15) is 46.6 Å². The van der Waals surface area contributed by atoms with Crippen LogP contribution in [0, 0.1) is 11.8 Å². The summed E-state index contributed by atoms with van der Waals surface area (Å²) in [5, 5.41) is 0. The van der Waals surface area contributed by atoms with E-state index in [4.69, 9.17) is 14.0 Å². The third kappa shape index (κ3) is 4.12. The van der Waals surface area contributed by atoms with Crippen LogP contribution in [0.2, 0.25) is 0 Å². The summed E-state index contributed by atoms with van der Waals surface area (Å²) < 4.78 is 16.8. The Morgan fingerprint density at radius 1 is 1.26 bits per heavy atom. The molecule has 0 aromatic carbocycles. The van der Waals surface area contributed by atoms with Crippen LogP contribution in [0.3, 0.4) is 0 Å². The van der Waals surface area contributed by atoms with Crippen LogP contribution in [0.25, 0.3) is 0 Å². The molecule has 2 rings (SSSR count). The molecule has 0 spiro atoms. The Balaban J connectivity index is 2.10. The minimum Gasteiger partial charge on any atom is -0.465 e. The molecule has 6 heteroatoms. The lowest BCUT2D eigenvalue weighted by atomic mass is 9.80. The van der Waals surface area contributed by atoms with Gasteiger partial charge in [0.15, 0.2) is 0 Å². The van der Waals surface area contributed by atoms with Crippen LogP contribution >= 0.6 is 0 Å². The summed E-state index contributed by atoms with van der Waals surface area (Å²) in [7, 11) is -0.473. The largest absolute Gasteiger partial charge is 0.496 e. The van der Waals surface area contributed by atoms with Gasteiger partial charge in [-0.15, -0.1) is 0 Å². The molecular weight excluding hydrogens is 293 g/mol. The van der Waals surface area contributed by atoms with Crippen LogP contribution in [0.5, 0.6) is 0 Å². The fraction of sp³-hybridized carbons (Fsp3) is 0.529. The molecule has 1 aliphatic heterocycles. The number of pyridine rings is 1. The van der Waals surface area contributed by atoms with Gasteiger partial charge in [0, 0.05) is 23.4 Å². The van der Waals surface area contributed by atoms with E-state index >= 15 is 0 Å². The fourth-order valence-corrected chi connectivity index (χ4v) is 2.06. The molecule has 1 aliphatic rings. The van der Waals surface area contributed by atoms with Crippen molar-refractivity contribution in [2.45, 2.75) is 52.2 Å². The van der Waals surface area contributed by atoms with Crippen molar-refractivity contribution in [1.82, 2.24) is 4.98 Å². The number of ether oxygens (including phenoxy) is 1. The van der Waals surface area contributed by atoms with Gasteiger partial charge >= 0.3 is 13.1 Å². The monoisotopic (exact) mass is 315 g/mol. The molecular formula is C17H22BNO4. The number of rotatable bonds is 3. The number of carbonyl (C=O) groups is 1. The maximum atomic E-state index is 11.3. The first-order valence-electron chi connectivity index (χ1n) is 7.70. The first kappa shape index (κ1) is 17.5.